The van der Waals surface area contributed by atoms with Crippen molar-refractivity contribution >= 4 is 0 Å². The van der Waals surface area contributed by atoms with Gasteiger partial charge >= 0.3 is 6.36 Å². The zero-order valence-electron chi connectivity index (χ0n) is 12.4. The summed E-state index contributed by atoms with van der Waals surface area (Å²) in [5.74, 6) is -0.0664. The quantitative estimate of drug-likeness (QED) is 0.832. The van der Waals surface area contributed by atoms with E-state index in [0.717, 1.165) is 45.7 Å². The average molecular weight is 315 g/mol. The highest BCUT2D eigenvalue weighted by atomic mass is 19.4. The first-order chi connectivity index (χ1) is 10.5. The Balaban J connectivity index is 1.67. The van der Waals surface area contributed by atoms with Gasteiger partial charge in [-0.1, -0.05) is 18.2 Å². The highest BCUT2D eigenvalue weighted by molar-refractivity contribution is 5.35. The molecule has 3 rings (SSSR count). The molecular formula is C16H20F3NO2. The Labute approximate surface area is 128 Å². The maximum absolute atomic E-state index is 12.5. The molecule has 0 atom stereocenters. The Kier molecular flexibility index (Phi) is 4.32. The van der Waals surface area contributed by atoms with Gasteiger partial charge in [-0.05, 0) is 36.3 Å². The molecular weight excluding hydrogens is 295 g/mol. The minimum Gasteiger partial charge on any atom is -0.406 e. The summed E-state index contributed by atoms with van der Waals surface area (Å²) in [5.41, 5.74) is 0.744. The van der Waals surface area contributed by atoms with Crippen LogP contribution in [0.15, 0.2) is 24.3 Å². The molecule has 1 aromatic carbocycles. The molecule has 1 aliphatic carbocycles. The summed E-state index contributed by atoms with van der Waals surface area (Å²) in [5, 5.41) is 0. The Morgan fingerprint density at radius 2 is 1.82 bits per heavy atom. The van der Waals surface area contributed by atoms with Crippen LogP contribution in [0, 0.1) is 5.41 Å². The molecule has 122 valence electrons. The van der Waals surface area contributed by atoms with Gasteiger partial charge in [-0.15, -0.1) is 13.2 Å². The zero-order chi connectivity index (χ0) is 15.6. The molecule has 1 saturated heterocycles. The van der Waals surface area contributed by atoms with E-state index in [9.17, 15) is 13.2 Å². The van der Waals surface area contributed by atoms with Crippen molar-refractivity contribution in [2.24, 2.45) is 5.41 Å². The largest absolute Gasteiger partial charge is 0.573 e. The number of morpholine rings is 1. The number of para-hydroxylation sites is 1. The molecule has 1 heterocycles. The van der Waals surface area contributed by atoms with Crippen LogP contribution in [0.5, 0.6) is 5.75 Å². The van der Waals surface area contributed by atoms with Crippen LogP contribution < -0.4 is 4.74 Å². The molecule has 0 unspecified atom stereocenters. The fourth-order valence-electron chi connectivity index (χ4n) is 3.08. The van der Waals surface area contributed by atoms with Gasteiger partial charge in [-0.3, -0.25) is 4.90 Å². The van der Waals surface area contributed by atoms with Crippen molar-refractivity contribution < 1.29 is 22.6 Å². The van der Waals surface area contributed by atoms with Crippen molar-refractivity contribution in [3.63, 3.8) is 0 Å². The minimum absolute atomic E-state index is 0.0664. The summed E-state index contributed by atoms with van der Waals surface area (Å²) >= 11 is 0. The number of halogens is 3. The summed E-state index contributed by atoms with van der Waals surface area (Å²) in [4.78, 5) is 2.35. The van der Waals surface area contributed by atoms with Crippen LogP contribution >= 0.6 is 0 Å². The van der Waals surface area contributed by atoms with Gasteiger partial charge in [0.1, 0.15) is 5.75 Å². The number of hydrogen-bond donors (Lipinski definition) is 0. The van der Waals surface area contributed by atoms with Gasteiger partial charge in [0.2, 0.25) is 0 Å². The monoisotopic (exact) mass is 315 g/mol. The second-order valence-corrected chi connectivity index (χ2v) is 6.22. The van der Waals surface area contributed by atoms with Gasteiger partial charge in [0.25, 0.3) is 0 Å². The van der Waals surface area contributed by atoms with Crippen molar-refractivity contribution in [2.75, 3.05) is 32.8 Å². The van der Waals surface area contributed by atoms with E-state index in [1.54, 1.807) is 18.2 Å². The SMILES string of the molecule is FC(F)(F)Oc1ccccc1CC1(CN2CCOCC2)CC1. The summed E-state index contributed by atoms with van der Waals surface area (Å²) in [6.45, 7) is 4.22. The third-order valence-electron chi connectivity index (χ3n) is 4.38. The van der Waals surface area contributed by atoms with Crippen LogP contribution in [0.4, 0.5) is 13.2 Å². The summed E-state index contributed by atoms with van der Waals surface area (Å²) < 4.78 is 47.0. The second kappa shape index (κ2) is 6.08. The van der Waals surface area contributed by atoms with Gasteiger partial charge in [0.05, 0.1) is 13.2 Å². The number of alkyl halides is 3. The highest BCUT2D eigenvalue weighted by Gasteiger charge is 2.44. The maximum Gasteiger partial charge on any atom is 0.573 e. The Bertz CT molecular complexity index is 508. The van der Waals surface area contributed by atoms with Crippen molar-refractivity contribution in [1.29, 1.82) is 0 Å². The minimum atomic E-state index is -4.64. The van der Waals surface area contributed by atoms with E-state index in [1.165, 1.54) is 6.07 Å². The molecule has 0 amide bonds. The predicted octanol–water partition coefficient (Wildman–Crippen LogP) is 3.24. The molecule has 1 saturated carbocycles. The normalized spacial score (nSPS) is 21.6. The Morgan fingerprint density at radius 3 is 2.45 bits per heavy atom. The van der Waals surface area contributed by atoms with Crippen LogP contribution in [-0.4, -0.2) is 44.1 Å². The fraction of sp³-hybridized carbons (Fsp3) is 0.625. The molecule has 2 fully saturated rings. The Hall–Kier alpha value is -1.27. The van der Waals surface area contributed by atoms with Crippen LogP contribution in [0.25, 0.3) is 0 Å². The van der Waals surface area contributed by atoms with Crippen molar-refractivity contribution in [2.45, 2.75) is 25.6 Å². The van der Waals surface area contributed by atoms with Gasteiger partial charge in [0.15, 0.2) is 0 Å². The first kappa shape index (κ1) is 15.6. The lowest BCUT2D eigenvalue weighted by Gasteiger charge is -2.31. The number of nitrogens with zero attached hydrogens (tertiary/aromatic N) is 1. The van der Waals surface area contributed by atoms with E-state index in [0.29, 0.717) is 12.0 Å². The van der Waals surface area contributed by atoms with Crippen LogP contribution in [-0.2, 0) is 11.2 Å². The molecule has 22 heavy (non-hydrogen) atoms. The van der Waals surface area contributed by atoms with Crippen LogP contribution in [0.1, 0.15) is 18.4 Å². The van der Waals surface area contributed by atoms with Gasteiger partial charge in [0, 0.05) is 19.6 Å². The summed E-state index contributed by atoms with van der Waals surface area (Å²) in [7, 11) is 0. The highest BCUT2D eigenvalue weighted by Crippen LogP contribution is 2.50. The molecule has 0 spiro atoms. The lowest BCUT2D eigenvalue weighted by Crippen LogP contribution is -2.40. The van der Waals surface area contributed by atoms with Crippen molar-refractivity contribution in [1.82, 2.24) is 4.90 Å². The van der Waals surface area contributed by atoms with E-state index >= 15 is 0 Å². The topological polar surface area (TPSA) is 21.7 Å². The summed E-state index contributed by atoms with van der Waals surface area (Å²) in [6, 6.07) is 6.48. The zero-order valence-corrected chi connectivity index (χ0v) is 12.4. The van der Waals surface area contributed by atoms with Gasteiger partial charge < -0.3 is 9.47 Å². The first-order valence-electron chi connectivity index (χ1n) is 7.60. The summed E-state index contributed by atoms with van der Waals surface area (Å²) in [6.07, 6.45) is -1.89. The van der Waals surface area contributed by atoms with E-state index < -0.39 is 6.36 Å². The fourth-order valence-corrected chi connectivity index (χ4v) is 3.08. The smallest absolute Gasteiger partial charge is 0.406 e. The Morgan fingerprint density at radius 1 is 1.14 bits per heavy atom. The van der Waals surface area contributed by atoms with Gasteiger partial charge in [-0.2, -0.15) is 0 Å². The number of benzene rings is 1. The molecule has 2 aliphatic rings. The predicted molar refractivity (Wildman–Crippen MR) is 75.8 cm³/mol. The van der Waals surface area contributed by atoms with Crippen molar-refractivity contribution in [3.8, 4) is 5.75 Å². The van der Waals surface area contributed by atoms with Crippen molar-refractivity contribution in [3.05, 3.63) is 29.8 Å². The number of hydrogen-bond acceptors (Lipinski definition) is 3. The first-order valence-corrected chi connectivity index (χ1v) is 7.60. The standard InChI is InChI=1S/C16H20F3NO2/c17-16(18,19)22-14-4-2-1-3-13(14)11-15(5-6-15)12-20-7-9-21-10-8-20/h1-4H,5-12H2. The molecule has 1 aliphatic heterocycles. The van der Waals surface area contributed by atoms with Crippen LogP contribution in [0.2, 0.25) is 0 Å². The molecule has 0 radical (unpaired) electrons. The third kappa shape index (κ3) is 4.14. The maximum atomic E-state index is 12.5. The molecule has 0 bridgehead atoms. The molecule has 0 aromatic heterocycles. The van der Waals surface area contributed by atoms with Crippen LogP contribution in [0.3, 0.4) is 0 Å². The lowest BCUT2D eigenvalue weighted by atomic mass is 9.95. The second-order valence-electron chi connectivity index (χ2n) is 6.22. The number of ether oxygens (including phenoxy) is 2. The number of rotatable bonds is 5. The molecule has 0 N–H and O–H groups in total. The third-order valence-corrected chi connectivity index (χ3v) is 4.38. The van der Waals surface area contributed by atoms with Gasteiger partial charge in [-0.25, -0.2) is 0 Å². The molecule has 1 aromatic rings. The lowest BCUT2D eigenvalue weighted by molar-refractivity contribution is -0.274. The van der Waals surface area contributed by atoms with E-state index in [4.69, 9.17) is 4.74 Å². The average Bonchev–Trinajstić information content (AvgIpc) is 3.20. The van der Waals surface area contributed by atoms with E-state index in [1.807, 2.05) is 0 Å². The molecule has 3 nitrogen and oxygen atoms in total. The molecule has 6 heteroatoms. The van der Waals surface area contributed by atoms with E-state index in [-0.39, 0.29) is 11.2 Å². The van der Waals surface area contributed by atoms with E-state index in [2.05, 4.69) is 9.64 Å².